The summed E-state index contributed by atoms with van der Waals surface area (Å²) < 4.78 is 0. The van der Waals surface area contributed by atoms with E-state index in [1.165, 1.54) is 12.8 Å². The lowest BCUT2D eigenvalue weighted by Crippen LogP contribution is -2.22. The second-order valence-electron chi connectivity index (χ2n) is 5.39. The molecule has 0 saturated heterocycles. The summed E-state index contributed by atoms with van der Waals surface area (Å²) in [6.45, 7) is 10.4. The minimum Gasteiger partial charge on any atom is -0.290 e. The number of nitrogens with zero attached hydrogens (tertiary/aromatic N) is 2. The lowest BCUT2D eigenvalue weighted by molar-refractivity contribution is 0.748. The zero-order chi connectivity index (χ0) is 13.4. The summed E-state index contributed by atoms with van der Waals surface area (Å²) in [5.41, 5.74) is 0.950. The van der Waals surface area contributed by atoms with Crippen molar-refractivity contribution in [2.45, 2.75) is 44.7 Å². The molecular formula is C14H24N2SSi. The second-order valence-corrected chi connectivity index (χ2v) is 14.9. The van der Waals surface area contributed by atoms with Gasteiger partial charge in [-0.25, -0.2) is 0 Å². The van der Waals surface area contributed by atoms with Gasteiger partial charge in [0.2, 0.25) is 0 Å². The van der Waals surface area contributed by atoms with Crippen LogP contribution in [0, 0.1) is 0 Å². The van der Waals surface area contributed by atoms with Gasteiger partial charge in [0.05, 0.1) is 12.2 Å². The highest BCUT2D eigenvalue weighted by Gasteiger charge is 2.19. The van der Waals surface area contributed by atoms with Crippen LogP contribution in [0.15, 0.2) is 29.4 Å². The van der Waals surface area contributed by atoms with Crippen LogP contribution in [0.4, 0.5) is 0 Å². The van der Waals surface area contributed by atoms with Crippen LogP contribution in [0.2, 0.25) is 19.6 Å². The molecule has 0 saturated carbocycles. The van der Waals surface area contributed by atoms with Crippen molar-refractivity contribution >= 4 is 24.6 Å². The van der Waals surface area contributed by atoms with E-state index in [1.807, 2.05) is 30.6 Å². The molecule has 0 aromatic carbocycles. The van der Waals surface area contributed by atoms with Gasteiger partial charge in [0.15, 0.2) is 0 Å². The third kappa shape index (κ3) is 6.96. The second kappa shape index (κ2) is 7.74. The highest BCUT2D eigenvalue weighted by Crippen LogP contribution is 2.27. The fraction of sp³-hybridized carbons (Fsp3) is 0.571. The number of pyridine rings is 1. The quantitative estimate of drug-likeness (QED) is 0.551. The Hall–Kier alpha value is -0.613. The van der Waals surface area contributed by atoms with Crippen molar-refractivity contribution in [3.8, 4) is 0 Å². The van der Waals surface area contributed by atoms with Gasteiger partial charge in [-0.3, -0.25) is 9.98 Å². The maximum absolute atomic E-state index is 4.56. The zero-order valence-electron chi connectivity index (χ0n) is 11.9. The monoisotopic (exact) mass is 280 g/mol. The van der Waals surface area contributed by atoms with Gasteiger partial charge in [-0.05, 0) is 18.6 Å². The number of hydrogen-bond donors (Lipinski definition) is 0. The third-order valence-electron chi connectivity index (χ3n) is 2.35. The van der Waals surface area contributed by atoms with Gasteiger partial charge in [-0.2, -0.15) is 11.2 Å². The van der Waals surface area contributed by atoms with Crippen molar-refractivity contribution in [2.24, 2.45) is 4.99 Å². The fourth-order valence-electron chi connectivity index (χ4n) is 1.73. The van der Waals surface area contributed by atoms with Crippen LogP contribution in [0.3, 0.4) is 0 Å². The van der Waals surface area contributed by atoms with Crippen molar-refractivity contribution in [1.82, 2.24) is 4.98 Å². The van der Waals surface area contributed by atoms with E-state index >= 15 is 0 Å². The SMILES string of the molecule is CCCC(CN=Cc1ccccn1)S[Si](C)(C)C. The van der Waals surface area contributed by atoms with Gasteiger partial charge in [0.1, 0.15) is 7.22 Å². The first-order chi connectivity index (χ1) is 8.51. The molecule has 18 heavy (non-hydrogen) atoms. The average Bonchev–Trinajstić information content (AvgIpc) is 2.28. The molecule has 0 aliphatic heterocycles. The summed E-state index contributed by atoms with van der Waals surface area (Å²) >= 11 is 2.17. The standard InChI is InChI=1S/C14H24N2SSi/c1-5-8-14(17-18(2,3)4)12-15-11-13-9-6-7-10-16-13/h6-7,9-11,14H,5,8,12H2,1-4H3. The minimum absolute atomic E-state index is 0.668. The topological polar surface area (TPSA) is 25.2 Å². The molecule has 0 N–H and O–H groups in total. The van der Waals surface area contributed by atoms with Gasteiger partial charge in [0.25, 0.3) is 0 Å². The average molecular weight is 281 g/mol. The third-order valence-corrected chi connectivity index (χ3v) is 6.90. The van der Waals surface area contributed by atoms with E-state index in [1.54, 1.807) is 0 Å². The molecule has 100 valence electrons. The lowest BCUT2D eigenvalue weighted by Gasteiger charge is -2.22. The van der Waals surface area contributed by atoms with Gasteiger partial charge in [-0.1, -0.05) is 39.1 Å². The Balaban J connectivity index is 2.49. The Morgan fingerprint density at radius 2 is 2.17 bits per heavy atom. The van der Waals surface area contributed by atoms with Crippen LogP contribution < -0.4 is 0 Å². The van der Waals surface area contributed by atoms with E-state index in [9.17, 15) is 0 Å². The largest absolute Gasteiger partial charge is 0.290 e. The highest BCUT2D eigenvalue weighted by atomic mass is 32.4. The van der Waals surface area contributed by atoms with Crippen LogP contribution in [-0.2, 0) is 0 Å². The Bertz CT molecular complexity index is 360. The Morgan fingerprint density at radius 3 is 2.72 bits per heavy atom. The van der Waals surface area contributed by atoms with Gasteiger partial charge in [-0.15, -0.1) is 0 Å². The van der Waals surface area contributed by atoms with Crippen LogP contribution in [0.1, 0.15) is 25.5 Å². The summed E-state index contributed by atoms with van der Waals surface area (Å²) in [6, 6.07) is 5.91. The van der Waals surface area contributed by atoms with E-state index in [4.69, 9.17) is 0 Å². The predicted octanol–water partition coefficient (Wildman–Crippen LogP) is 4.24. The van der Waals surface area contributed by atoms with Gasteiger partial charge >= 0.3 is 0 Å². The normalized spacial score (nSPS) is 14.0. The summed E-state index contributed by atoms with van der Waals surface area (Å²) in [6.07, 6.45) is 6.20. The first-order valence-corrected chi connectivity index (χ1v) is 11.7. The van der Waals surface area contributed by atoms with Gasteiger partial charge in [0, 0.05) is 17.7 Å². The molecule has 4 heteroatoms. The first-order valence-electron chi connectivity index (χ1n) is 6.60. The zero-order valence-corrected chi connectivity index (χ0v) is 13.7. The van der Waals surface area contributed by atoms with E-state index in [0.717, 1.165) is 12.2 Å². The number of aliphatic imine (C=N–C) groups is 1. The van der Waals surface area contributed by atoms with Crippen molar-refractivity contribution in [1.29, 1.82) is 0 Å². The molecule has 1 aromatic heterocycles. The molecule has 0 spiro atoms. The summed E-state index contributed by atoms with van der Waals surface area (Å²) in [4.78, 5) is 8.81. The molecule has 0 bridgehead atoms. The molecule has 2 nitrogen and oxygen atoms in total. The van der Waals surface area contributed by atoms with Gasteiger partial charge < -0.3 is 0 Å². The Labute approximate surface area is 116 Å². The molecule has 1 heterocycles. The number of aromatic nitrogens is 1. The Morgan fingerprint density at radius 1 is 1.39 bits per heavy atom. The number of rotatable bonds is 7. The first kappa shape index (κ1) is 15.4. The van der Waals surface area contributed by atoms with Crippen LogP contribution in [0.5, 0.6) is 0 Å². The maximum atomic E-state index is 4.56. The molecule has 1 aromatic rings. The van der Waals surface area contributed by atoms with Crippen LogP contribution >= 0.6 is 11.2 Å². The molecule has 0 aliphatic carbocycles. The summed E-state index contributed by atoms with van der Waals surface area (Å²) in [5, 5.41) is 0.668. The lowest BCUT2D eigenvalue weighted by atomic mass is 10.2. The molecule has 1 unspecified atom stereocenters. The molecule has 0 radical (unpaired) electrons. The van der Waals surface area contributed by atoms with Crippen LogP contribution in [-0.4, -0.2) is 30.2 Å². The summed E-state index contributed by atoms with van der Waals surface area (Å²) in [7, 11) is -1.06. The van der Waals surface area contributed by atoms with Crippen molar-refractivity contribution in [3.05, 3.63) is 30.1 Å². The minimum atomic E-state index is -1.06. The highest BCUT2D eigenvalue weighted by molar-refractivity contribution is 8.29. The van der Waals surface area contributed by atoms with Crippen molar-refractivity contribution < 1.29 is 0 Å². The Kier molecular flexibility index (Phi) is 6.64. The van der Waals surface area contributed by atoms with E-state index < -0.39 is 7.22 Å². The van der Waals surface area contributed by atoms with E-state index in [-0.39, 0.29) is 0 Å². The molecule has 1 atom stereocenters. The van der Waals surface area contributed by atoms with Crippen molar-refractivity contribution in [2.75, 3.05) is 6.54 Å². The smallest absolute Gasteiger partial charge is 0.108 e. The number of hydrogen-bond acceptors (Lipinski definition) is 3. The predicted molar refractivity (Wildman–Crippen MR) is 86.3 cm³/mol. The molecule has 0 fully saturated rings. The van der Waals surface area contributed by atoms with Crippen molar-refractivity contribution in [3.63, 3.8) is 0 Å². The molecule has 1 rings (SSSR count). The fourth-order valence-corrected chi connectivity index (χ4v) is 6.82. The van der Waals surface area contributed by atoms with E-state index in [0.29, 0.717) is 5.25 Å². The molecular weight excluding hydrogens is 256 g/mol. The molecule has 0 aliphatic rings. The van der Waals surface area contributed by atoms with Crippen LogP contribution in [0.25, 0.3) is 0 Å². The van der Waals surface area contributed by atoms with E-state index in [2.05, 4.69) is 47.8 Å². The molecule has 0 amide bonds. The summed E-state index contributed by atoms with van der Waals surface area (Å²) in [5.74, 6) is 0. The maximum Gasteiger partial charge on any atom is 0.108 e.